The van der Waals surface area contributed by atoms with Gasteiger partial charge < -0.3 is 5.32 Å². The number of rotatable bonds is 2. The zero-order valence-electron chi connectivity index (χ0n) is 9.70. The van der Waals surface area contributed by atoms with E-state index in [9.17, 15) is 4.79 Å². The van der Waals surface area contributed by atoms with Crippen LogP contribution in [-0.4, -0.2) is 15.9 Å². The molecule has 1 amide bonds. The van der Waals surface area contributed by atoms with E-state index < -0.39 is 0 Å². The fraction of sp³-hybridized carbons (Fsp3) is 0.583. The van der Waals surface area contributed by atoms with Crippen molar-refractivity contribution in [2.24, 2.45) is 17.8 Å². The molecule has 2 saturated carbocycles. The van der Waals surface area contributed by atoms with E-state index in [2.05, 4.69) is 15.3 Å². The molecule has 96 valence electrons. The minimum absolute atomic E-state index is 0.000741. The monoisotopic (exact) mass is 285 g/mol. The van der Waals surface area contributed by atoms with Crippen molar-refractivity contribution in [2.45, 2.75) is 25.7 Å². The van der Waals surface area contributed by atoms with Gasteiger partial charge in [0.2, 0.25) is 5.91 Å². The highest BCUT2D eigenvalue weighted by atomic mass is 35.5. The van der Waals surface area contributed by atoms with Crippen LogP contribution < -0.4 is 5.32 Å². The van der Waals surface area contributed by atoms with E-state index in [-0.39, 0.29) is 22.1 Å². The average molecular weight is 286 g/mol. The molecule has 4 nitrogen and oxygen atoms in total. The lowest BCUT2D eigenvalue weighted by Gasteiger charge is -2.21. The van der Waals surface area contributed by atoms with E-state index in [0.29, 0.717) is 11.6 Å². The van der Waals surface area contributed by atoms with Gasteiger partial charge in [0.1, 0.15) is 12.0 Å². The van der Waals surface area contributed by atoms with Crippen molar-refractivity contribution >= 4 is 34.8 Å². The van der Waals surface area contributed by atoms with E-state index in [0.717, 1.165) is 18.8 Å². The number of anilines is 1. The van der Waals surface area contributed by atoms with E-state index in [1.807, 2.05) is 0 Å². The first-order chi connectivity index (χ1) is 8.65. The predicted octanol–water partition coefficient (Wildman–Crippen LogP) is 3.16. The van der Waals surface area contributed by atoms with Crippen LogP contribution in [-0.2, 0) is 4.79 Å². The first kappa shape index (κ1) is 12.2. The number of carbonyl (C=O) groups is 1. The normalized spacial score (nSPS) is 29.6. The Bertz CT molecular complexity index is 474. The number of aromatic nitrogens is 2. The smallest absolute Gasteiger partial charge is 0.227 e. The number of hydrogen-bond acceptors (Lipinski definition) is 3. The van der Waals surface area contributed by atoms with Gasteiger partial charge in [-0.05, 0) is 31.1 Å². The van der Waals surface area contributed by atoms with Crippen LogP contribution in [0, 0.1) is 17.8 Å². The van der Waals surface area contributed by atoms with Crippen LogP contribution in [0.2, 0.25) is 10.3 Å². The number of nitrogens with one attached hydrogen (secondary N) is 1. The molecular weight excluding hydrogens is 273 g/mol. The molecule has 3 atom stereocenters. The highest BCUT2D eigenvalue weighted by molar-refractivity contribution is 6.38. The summed E-state index contributed by atoms with van der Waals surface area (Å²) in [6.45, 7) is 0. The molecule has 6 heteroatoms. The minimum atomic E-state index is 0.000741. The van der Waals surface area contributed by atoms with Crippen molar-refractivity contribution in [3.8, 4) is 0 Å². The van der Waals surface area contributed by atoms with Crippen molar-refractivity contribution in [2.75, 3.05) is 5.32 Å². The summed E-state index contributed by atoms with van der Waals surface area (Å²) in [6, 6.07) is 0. The number of carbonyl (C=O) groups excluding carboxylic acids is 1. The average Bonchev–Trinajstić information content (AvgIpc) is 2.96. The Kier molecular flexibility index (Phi) is 3.16. The molecule has 0 radical (unpaired) electrons. The summed E-state index contributed by atoms with van der Waals surface area (Å²) in [5.74, 6) is 1.35. The van der Waals surface area contributed by atoms with Crippen LogP contribution in [0.5, 0.6) is 0 Å². The van der Waals surface area contributed by atoms with Gasteiger partial charge in [0, 0.05) is 5.92 Å². The number of amides is 1. The molecule has 1 aromatic heterocycles. The molecule has 2 aliphatic carbocycles. The number of halogens is 2. The Balaban J connectivity index is 1.75. The molecule has 2 fully saturated rings. The maximum atomic E-state index is 12.2. The van der Waals surface area contributed by atoms with Gasteiger partial charge in [-0.25, -0.2) is 9.97 Å². The van der Waals surface area contributed by atoms with Crippen LogP contribution in [0.4, 0.5) is 5.69 Å². The van der Waals surface area contributed by atoms with Crippen LogP contribution in [0.1, 0.15) is 25.7 Å². The first-order valence-electron chi connectivity index (χ1n) is 6.12. The van der Waals surface area contributed by atoms with E-state index in [4.69, 9.17) is 23.2 Å². The molecule has 0 aromatic carbocycles. The molecular formula is C12H13Cl2N3O. The fourth-order valence-corrected chi connectivity index (χ4v) is 3.64. The maximum absolute atomic E-state index is 12.2. The van der Waals surface area contributed by atoms with Crippen LogP contribution >= 0.6 is 23.2 Å². The Morgan fingerprint density at radius 3 is 2.50 bits per heavy atom. The lowest BCUT2D eigenvalue weighted by molar-refractivity contribution is -0.121. The molecule has 2 aliphatic rings. The largest absolute Gasteiger partial charge is 0.321 e. The molecule has 0 spiro atoms. The van der Waals surface area contributed by atoms with E-state index in [1.54, 1.807) is 0 Å². The topological polar surface area (TPSA) is 54.9 Å². The van der Waals surface area contributed by atoms with Crippen molar-refractivity contribution in [1.29, 1.82) is 0 Å². The van der Waals surface area contributed by atoms with Crippen LogP contribution in [0.15, 0.2) is 6.33 Å². The number of nitrogens with zero attached hydrogens (tertiary/aromatic N) is 2. The van der Waals surface area contributed by atoms with Gasteiger partial charge in [0.05, 0.1) is 0 Å². The Morgan fingerprint density at radius 1 is 1.22 bits per heavy atom. The summed E-state index contributed by atoms with van der Waals surface area (Å²) in [5.41, 5.74) is 0.327. The lowest BCUT2D eigenvalue weighted by atomic mass is 9.88. The van der Waals surface area contributed by atoms with Gasteiger partial charge in [-0.3, -0.25) is 4.79 Å². The quantitative estimate of drug-likeness (QED) is 0.850. The first-order valence-corrected chi connectivity index (χ1v) is 6.87. The molecule has 3 unspecified atom stereocenters. The summed E-state index contributed by atoms with van der Waals surface area (Å²) in [4.78, 5) is 19.9. The van der Waals surface area contributed by atoms with Crippen molar-refractivity contribution in [3.05, 3.63) is 16.6 Å². The molecule has 1 heterocycles. The third-order valence-corrected chi connectivity index (χ3v) is 4.65. The standard InChI is InChI=1S/C12H13Cl2N3O/c13-10-9(11(14)16-5-15-10)17-12(18)8-4-6-1-2-7(8)3-6/h5-8H,1-4H2,(H,17,18). The zero-order chi connectivity index (χ0) is 12.7. The van der Waals surface area contributed by atoms with Crippen molar-refractivity contribution in [3.63, 3.8) is 0 Å². The van der Waals surface area contributed by atoms with Crippen molar-refractivity contribution < 1.29 is 4.79 Å². The van der Waals surface area contributed by atoms with Crippen LogP contribution in [0.3, 0.4) is 0 Å². The summed E-state index contributed by atoms with van der Waals surface area (Å²) in [6.07, 6.45) is 5.88. The number of fused-ring (bicyclic) bond motifs is 2. The van der Waals surface area contributed by atoms with Gasteiger partial charge in [-0.1, -0.05) is 29.6 Å². The van der Waals surface area contributed by atoms with Crippen LogP contribution in [0.25, 0.3) is 0 Å². The number of hydrogen-bond donors (Lipinski definition) is 1. The lowest BCUT2D eigenvalue weighted by Crippen LogP contribution is -2.27. The zero-order valence-corrected chi connectivity index (χ0v) is 11.2. The molecule has 0 aliphatic heterocycles. The molecule has 0 saturated heterocycles. The molecule has 18 heavy (non-hydrogen) atoms. The molecule has 3 rings (SSSR count). The Labute approximate surface area is 115 Å². The van der Waals surface area contributed by atoms with Crippen molar-refractivity contribution in [1.82, 2.24) is 9.97 Å². The van der Waals surface area contributed by atoms with Gasteiger partial charge in [0.25, 0.3) is 0 Å². The van der Waals surface area contributed by atoms with Gasteiger partial charge in [-0.2, -0.15) is 0 Å². The molecule has 2 bridgehead atoms. The van der Waals surface area contributed by atoms with Gasteiger partial charge in [0.15, 0.2) is 10.3 Å². The highest BCUT2D eigenvalue weighted by Gasteiger charge is 2.43. The SMILES string of the molecule is O=C(Nc1c(Cl)ncnc1Cl)C1CC2CCC1C2. The summed E-state index contributed by atoms with van der Waals surface area (Å²) < 4.78 is 0. The van der Waals surface area contributed by atoms with E-state index >= 15 is 0 Å². The molecule has 1 aromatic rings. The predicted molar refractivity (Wildman–Crippen MR) is 69.6 cm³/mol. The van der Waals surface area contributed by atoms with Gasteiger partial charge >= 0.3 is 0 Å². The summed E-state index contributed by atoms with van der Waals surface area (Å²) >= 11 is 11.8. The second kappa shape index (κ2) is 4.67. The minimum Gasteiger partial charge on any atom is -0.321 e. The maximum Gasteiger partial charge on any atom is 0.227 e. The Hall–Kier alpha value is -0.870. The second-order valence-corrected chi connectivity index (χ2v) is 5.82. The second-order valence-electron chi connectivity index (χ2n) is 5.10. The highest BCUT2D eigenvalue weighted by Crippen LogP contribution is 2.48. The molecule has 1 N–H and O–H groups in total. The summed E-state index contributed by atoms with van der Waals surface area (Å²) in [7, 11) is 0. The third-order valence-electron chi connectivity index (χ3n) is 4.08. The fourth-order valence-electron chi connectivity index (χ4n) is 3.23. The Morgan fingerprint density at radius 2 is 1.94 bits per heavy atom. The summed E-state index contributed by atoms with van der Waals surface area (Å²) in [5, 5.41) is 3.15. The van der Waals surface area contributed by atoms with E-state index in [1.165, 1.54) is 19.2 Å². The third kappa shape index (κ3) is 2.08. The van der Waals surface area contributed by atoms with Gasteiger partial charge in [-0.15, -0.1) is 0 Å².